The number of ketones is 1. The third kappa shape index (κ3) is 3.48. The van der Waals surface area contributed by atoms with E-state index >= 15 is 0 Å². The molecule has 98 valence electrons. The lowest BCUT2D eigenvalue weighted by Gasteiger charge is -2.10. The van der Waals surface area contributed by atoms with Gasteiger partial charge in [-0.15, -0.1) is 0 Å². The highest BCUT2D eigenvalue weighted by atomic mass is 19.1. The molecule has 1 unspecified atom stereocenters. The van der Waals surface area contributed by atoms with Crippen LogP contribution in [0.3, 0.4) is 0 Å². The van der Waals surface area contributed by atoms with Crippen molar-refractivity contribution in [1.29, 1.82) is 0 Å². The molecule has 2 rings (SSSR count). The first-order chi connectivity index (χ1) is 9.18. The average Bonchev–Trinajstić information content (AvgIpc) is 2.45. The zero-order valence-corrected chi connectivity index (χ0v) is 10.4. The largest absolute Gasteiger partial charge is 0.385 e. The normalized spacial score (nSPS) is 12.1. The first-order valence-corrected chi connectivity index (χ1v) is 6.19. The van der Waals surface area contributed by atoms with Crippen molar-refractivity contribution in [3.05, 3.63) is 71.5 Å². The van der Waals surface area contributed by atoms with Crippen LogP contribution in [0.2, 0.25) is 0 Å². The highest BCUT2D eigenvalue weighted by Gasteiger charge is 2.19. The van der Waals surface area contributed by atoms with Crippen LogP contribution in [0.15, 0.2) is 54.6 Å². The topological polar surface area (TPSA) is 37.3 Å². The predicted molar refractivity (Wildman–Crippen MR) is 71.5 cm³/mol. The van der Waals surface area contributed by atoms with Crippen molar-refractivity contribution in [2.24, 2.45) is 0 Å². The number of hydrogen-bond acceptors (Lipinski definition) is 2. The van der Waals surface area contributed by atoms with Crippen LogP contribution in [0.4, 0.5) is 4.39 Å². The Balaban J connectivity index is 1.99. The summed E-state index contributed by atoms with van der Waals surface area (Å²) in [5.74, 6) is -1.15. The fraction of sp³-hybridized carbons (Fsp3) is 0.188. The maximum absolute atomic E-state index is 13.4. The fourth-order valence-corrected chi connectivity index (χ4v) is 1.92. The molecule has 0 amide bonds. The molecular weight excluding hydrogens is 243 g/mol. The highest BCUT2D eigenvalue weighted by Crippen LogP contribution is 2.13. The van der Waals surface area contributed by atoms with E-state index in [1.165, 1.54) is 18.2 Å². The number of hydrogen-bond donors (Lipinski definition) is 1. The Morgan fingerprint density at radius 3 is 2.37 bits per heavy atom. The molecule has 0 aliphatic rings. The first kappa shape index (κ1) is 13.4. The molecule has 1 atom stereocenters. The van der Waals surface area contributed by atoms with E-state index in [4.69, 9.17) is 0 Å². The summed E-state index contributed by atoms with van der Waals surface area (Å²) in [6, 6.07) is 15.3. The molecule has 0 fully saturated rings. The van der Waals surface area contributed by atoms with E-state index in [2.05, 4.69) is 0 Å². The number of Topliss-reactive ketones (excluding diaryl/α,β-unsaturated/α-hetero) is 1. The number of rotatable bonds is 5. The fourth-order valence-electron chi connectivity index (χ4n) is 1.92. The van der Waals surface area contributed by atoms with Crippen LogP contribution in [0, 0.1) is 5.82 Å². The van der Waals surface area contributed by atoms with Crippen molar-refractivity contribution in [2.45, 2.75) is 18.9 Å². The molecule has 0 aromatic heterocycles. The molecular formula is C16H15FO2. The van der Waals surface area contributed by atoms with Gasteiger partial charge in [0.25, 0.3) is 0 Å². The smallest absolute Gasteiger partial charge is 0.194 e. The molecule has 0 spiro atoms. The number of carbonyl (C=O) groups excluding carboxylic acids is 1. The second-order valence-electron chi connectivity index (χ2n) is 4.38. The molecule has 0 bridgehead atoms. The SMILES string of the molecule is O=C(c1ccccc1F)C(O)CCc1ccccc1. The van der Waals surface area contributed by atoms with Gasteiger partial charge in [-0.3, -0.25) is 4.79 Å². The van der Waals surface area contributed by atoms with Gasteiger partial charge in [0.1, 0.15) is 11.9 Å². The van der Waals surface area contributed by atoms with Crippen molar-refractivity contribution in [2.75, 3.05) is 0 Å². The standard InChI is InChI=1S/C16H15FO2/c17-14-9-5-4-8-13(14)16(19)15(18)11-10-12-6-2-1-3-7-12/h1-9,15,18H,10-11H2. The molecule has 0 saturated heterocycles. The quantitative estimate of drug-likeness (QED) is 0.837. The Hall–Kier alpha value is -2.00. The number of benzene rings is 2. The molecule has 0 aliphatic carbocycles. The van der Waals surface area contributed by atoms with E-state index in [0.717, 1.165) is 5.56 Å². The van der Waals surface area contributed by atoms with E-state index in [1.54, 1.807) is 6.07 Å². The maximum atomic E-state index is 13.4. The van der Waals surface area contributed by atoms with Crippen LogP contribution in [0.1, 0.15) is 22.3 Å². The van der Waals surface area contributed by atoms with E-state index < -0.39 is 17.7 Å². The van der Waals surface area contributed by atoms with Crippen LogP contribution >= 0.6 is 0 Å². The lowest BCUT2D eigenvalue weighted by atomic mass is 10.00. The average molecular weight is 258 g/mol. The van der Waals surface area contributed by atoms with Crippen LogP contribution < -0.4 is 0 Å². The minimum atomic E-state index is -1.17. The van der Waals surface area contributed by atoms with Gasteiger partial charge in [-0.25, -0.2) is 4.39 Å². The molecule has 0 radical (unpaired) electrons. The molecule has 2 nitrogen and oxygen atoms in total. The first-order valence-electron chi connectivity index (χ1n) is 6.19. The predicted octanol–water partition coefficient (Wildman–Crippen LogP) is 3.00. The minimum Gasteiger partial charge on any atom is -0.385 e. The van der Waals surface area contributed by atoms with Crippen molar-refractivity contribution < 1.29 is 14.3 Å². The molecule has 3 heteroatoms. The summed E-state index contributed by atoms with van der Waals surface area (Å²) < 4.78 is 13.4. The second-order valence-corrected chi connectivity index (χ2v) is 4.38. The van der Waals surface area contributed by atoms with Gasteiger partial charge in [-0.2, -0.15) is 0 Å². The molecule has 2 aromatic rings. The molecule has 1 N–H and O–H groups in total. The summed E-state index contributed by atoms with van der Waals surface area (Å²) in [5, 5.41) is 9.84. The van der Waals surface area contributed by atoms with E-state index in [9.17, 15) is 14.3 Å². The molecule has 0 saturated carbocycles. The van der Waals surface area contributed by atoms with E-state index in [1.807, 2.05) is 30.3 Å². The van der Waals surface area contributed by atoms with Gasteiger partial charge in [-0.05, 0) is 30.5 Å². The van der Waals surface area contributed by atoms with Gasteiger partial charge < -0.3 is 5.11 Å². The van der Waals surface area contributed by atoms with Gasteiger partial charge in [0.2, 0.25) is 0 Å². The van der Waals surface area contributed by atoms with Crippen molar-refractivity contribution in [1.82, 2.24) is 0 Å². The lowest BCUT2D eigenvalue weighted by molar-refractivity contribution is 0.0727. The Labute approximate surface area is 111 Å². The van der Waals surface area contributed by atoms with Crippen molar-refractivity contribution in [3.63, 3.8) is 0 Å². The van der Waals surface area contributed by atoms with Gasteiger partial charge >= 0.3 is 0 Å². The Morgan fingerprint density at radius 2 is 1.68 bits per heavy atom. The summed E-state index contributed by atoms with van der Waals surface area (Å²) in [6.45, 7) is 0. The Kier molecular flexibility index (Phi) is 4.42. The third-order valence-electron chi connectivity index (χ3n) is 2.99. The summed E-state index contributed by atoms with van der Waals surface area (Å²) >= 11 is 0. The molecule has 0 aliphatic heterocycles. The highest BCUT2D eigenvalue weighted by molar-refractivity contribution is 5.99. The van der Waals surface area contributed by atoms with Crippen LogP contribution in [0.5, 0.6) is 0 Å². The van der Waals surface area contributed by atoms with Crippen LogP contribution in [0.25, 0.3) is 0 Å². The van der Waals surface area contributed by atoms with Gasteiger partial charge in [0, 0.05) is 0 Å². The monoisotopic (exact) mass is 258 g/mol. The minimum absolute atomic E-state index is 0.0527. The van der Waals surface area contributed by atoms with Crippen molar-refractivity contribution in [3.8, 4) is 0 Å². The number of aliphatic hydroxyl groups is 1. The Bertz CT molecular complexity index is 552. The van der Waals surface area contributed by atoms with Crippen LogP contribution in [-0.4, -0.2) is 17.0 Å². The molecule has 19 heavy (non-hydrogen) atoms. The zero-order valence-electron chi connectivity index (χ0n) is 10.4. The van der Waals surface area contributed by atoms with Crippen molar-refractivity contribution >= 4 is 5.78 Å². The van der Waals surface area contributed by atoms with Crippen LogP contribution in [-0.2, 0) is 6.42 Å². The molecule has 0 heterocycles. The number of halogens is 1. The third-order valence-corrected chi connectivity index (χ3v) is 2.99. The van der Waals surface area contributed by atoms with Gasteiger partial charge in [0.05, 0.1) is 5.56 Å². The Morgan fingerprint density at radius 1 is 1.05 bits per heavy atom. The van der Waals surface area contributed by atoms with E-state index in [0.29, 0.717) is 6.42 Å². The molecule has 2 aromatic carbocycles. The summed E-state index contributed by atoms with van der Waals surface area (Å²) in [6.07, 6.45) is -0.295. The summed E-state index contributed by atoms with van der Waals surface area (Å²) in [7, 11) is 0. The second kappa shape index (κ2) is 6.25. The number of carbonyl (C=O) groups is 1. The van der Waals surface area contributed by atoms with Gasteiger partial charge in [-0.1, -0.05) is 42.5 Å². The maximum Gasteiger partial charge on any atom is 0.194 e. The lowest BCUT2D eigenvalue weighted by Crippen LogP contribution is -2.22. The summed E-state index contributed by atoms with van der Waals surface area (Å²) in [4.78, 5) is 11.9. The summed E-state index contributed by atoms with van der Waals surface area (Å²) in [5.41, 5.74) is 0.992. The van der Waals surface area contributed by atoms with E-state index in [-0.39, 0.29) is 12.0 Å². The number of aryl methyl sites for hydroxylation is 1. The zero-order chi connectivity index (χ0) is 13.7. The number of aliphatic hydroxyl groups excluding tert-OH is 1. The van der Waals surface area contributed by atoms with Gasteiger partial charge in [0.15, 0.2) is 5.78 Å².